The summed E-state index contributed by atoms with van der Waals surface area (Å²) >= 11 is 1.69. The van der Waals surface area contributed by atoms with Crippen LogP contribution in [0.3, 0.4) is 0 Å². The molecule has 0 saturated heterocycles. The number of nitrogens with zero attached hydrogens (tertiary/aromatic N) is 1. The van der Waals surface area contributed by atoms with E-state index in [1.165, 1.54) is 5.56 Å². The van der Waals surface area contributed by atoms with Gasteiger partial charge in [0.25, 0.3) is 0 Å². The quantitative estimate of drug-likeness (QED) is 0.812. The molecule has 0 spiro atoms. The molecular formula is C15H27Cl2N3OS. The number of halogens is 2. The normalized spacial score (nSPS) is 21.8. The van der Waals surface area contributed by atoms with Gasteiger partial charge in [0.15, 0.2) is 0 Å². The zero-order valence-corrected chi connectivity index (χ0v) is 15.6. The van der Waals surface area contributed by atoms with Gasteiger partial charge in [-0.15, -0.1) is 24.8 Å². The largest absolute Gasteiger partial charge is 0.354 e. The highest BCUT2D eigenvalue weighted by molar-refractivity contribution is 7.07. The Balaban J connectivity index is 0.00000220. The maximum Gasteiger partial charge on any atom is 0.220 e. The maximum absolute atomic E-state index is 12.1. The molecule has 4 nitrogen and oxygen atoms in total. The molecule has 1 fully saturated rings. The molecule has 3 atom stereocenters. The number of hydrogen-bond acceptors (Lipinski definition) is 4. The Bertz CT molecular complexity index is 428. The minimum absolute atomic E-state index is 0. The minimum Gasteiger partial charge on any atom is -0.354 e. The fraction of sp³-hybridized carbons (Fsp3) is 0.667. The number of likely N-dealkylation sites (N-methyl/N-ethyl adjacent to an activating group) is 1. The molecule has 1 aliphatic rings. The summed E-state index contributed by atoms with van der Waals surface area (Å²) in [5.41, 5.74) is 7.28. The van der Waals surface area contributed by atoms with Gasteiger partial charge in [-0.2, -0.15) is 11.3 Å². The van der Waals surface area contributed by atoms with Crippen molar-refractivity contribution in [1.29, 1.82) is 0 Å². The average molecular weight is 368 g/mol. The van der Waals surface area contributed by atoms with Crippen molar-refractivity contribution < 1.29 is 4.79 Å². The molecule has 1 amide bonds. The third-order valence-corrected chi connectivity index (χ3v) is 4.91. The second-order valence-electron chi connectivity index (χ2n) is 5.90. The summed E-state index contributed by atoms with van der Waals surface area (Å²) in [6.45, 7) is 0.657. The van der Waals surface area contributed by atoms with Crippen molar-refractivity contribution in [2.45, 2.75) is 37.8 Å². The van der Waals surface area contributed by atoms with Crippen molar-refractivity contribution in [3.8, 4) is 0 Å². The van der Waals surface area contributed by atoms with Crippen molar-refractivity contribution in [3.05, 3.63) is 22.4 Å². The van der Waals surface area contributed by atoms with Crippen molar-refractivity contribution in [2.24, 2.45) is 11.7 Å². The lowest BCUT2D eigenvalue weighted by molar-refractivity contribution is -0.122. The third kappa shape index (κ3) is 6.05. The number of amides is 1. The van der Waals surface area contributed by atoms with Crippen molar-refractivity contribution in [2.75, 3.05) is 20.6 Å². The van der Waals surface area contributed by atoms with Gasteiger partial charge in [-0.3, -0.25) is 4.79 Å². The Morgan fingerprint density at radius 2 is 2.18 bits per heavy atom. The molecule has 0 radical (unpaired) electrons. The third-order valence-electron chi connectivity index (χ3n) is 4.21. The standard InChI is InChI=1S/C15H25N3OS.2ClH/c1-18(2)14(12-6-7-20-10-12)9-17-15(19)8-11-4-3-5-13(11)16;;/h6-7,10-11,13-14H,3-5,8-9,16H2,1-2H3,(H,17,19);2*1H/t11-,13+,14?;;/m0../s1. The molecule has 0 aromatic carbocycles. The first-order chi connectivity index (χ1) is 9.58. The lowest BCUT2D eigenvalue weighted by Crippen LogP contribution is -2.36. The van der Waals surface area contributed by atoms with Crippen molar-refractivity contribution in [3.63, 3.8) is 0 Å². The van der Waals surface area contributed by atoms with Crippen LogP contribution in [-0.4, -0.2) is 37.5 Å². The predicted molar refractivity (Wildman–Crippen MR) is 98.2 cm³/mol. The fourth-order valence-electron chi connectivity index (χ4n) is 2.90. The molecule has 0 bridgehead atoms. The SMILES string of the molecule is CN(C)C(CNC(=O)C[C@@H]1CCC[C@H]1N)c1ccsc1.Cl.Cl. The van der Waals surface area contributed by atoms with Gasteiger partial charge in [-0.25, -0.2) is 0 Å². The van der Waals surface area contributed by atoms with Gasteiger partial charge in [0.2, 0.25) is 5.91 Å². The monoisotopic (exact) mass is 367 g/mol. The topological polar surface area (TPSA) is 58.4 Å². The van der Waals surface area contributed by atoms with E-state index in [0.717, 1.165) is 19.3 Å². The number of carbonyl (C=O) groups is 1. The molecule has 1 heterocycles. The molecule has 7 heteroatoms. The molecule has 22 heavy (non-hydrogen) atoms. The van der Waals surface area contributed by atoms with Crippen LogP contribution in [0.4, 0.5) is 0 Å². The fourth-order valence-corrected chi connectivity index (χ4v) is 3.61. The van der Waals surface area contributed by atoms with Crippen LogP contribution < -0.4 is 11.1 Å². The van der Waals surface area contributed by atoms with E-state index < -0.39 is 0 Å². The van der Waals surface area contributed by atoms with E-state index in [-0.39, 0.29) is 42.8 Å². The van der Waals surface area contributed by atoms with Gasteiger partial charge in [0, 0.05) is 19.0 Å². The summed E-state index contributed by atoms with van der Waals surface area (Å²) in [4.78, 5) is 14.2. The molecule has 3 N–H and O–H groups in total. The van der Waals surface area contributed by atoms with Gasteiger partial charge >= 0.3 is 0 Å². The van der Waals surface area contributed by atoms with E-state index in [1.54, 1.807) is 11.3 Å². The number of carbonyl (C=O) groups excluding carboxylic acids is 1. The van der Waals surface area contributed by atoms with Crippen LogP contribution in [0.5, 0.6) is 0 Å². The molecule has 1 saturated carbocycles. The van der Waals surface area contributed by atoms with Crippen molar-refractivity contribution in [1.82, 2.24) is 10.2 Å². The minimum atomic E-state index is 0. The Kier molecular flexibility index (Phi) is 10.3. The first-order valence-electron chi connectivity index (χ1n) is 7.28. The highest BCUT2D eigenvalue weighted by Crippen LogP contribution is 2.26. The molecule has 1 unspecified atom stereocenters. The van der Waals surface area contributed by atoms with Gasteiger partial charge in [0.1, 0.15) is 0 Å². The molecule has 0 aliphatic heterocycles. The van der Waals surface area contributed by atoms with Crippen LogP contribution >= 0.6 is 36.2 Å². The molecular weight excluding hydrogens is 341 g/mol. The Labute approximate surface area is 149 Å². The van der Waals surface area contributed by atoms with Gasteiger partial charge in [-0.1, -0.05) is 6.42 Å². The number of rotatable bonds is 6. The van der Waals surface area contributed by atoms with Crippen LogP contribution in [0.1, 0.15) is 37.3 Å². The van der Waals surface area contributed by atoms with Crippen LogP contribution in [0.15, 0.2) is 16.8 Å². The van der Waals surface area contributed by atoms with Crippen LogP contribution in [-0.2, 0) is 4.79 Å². The first-order valence-corrected chi connectivity index (χ1v) is 8.23. The van der Waals surface area contributed by atoms with Gasteiger partial charge < -0.3 is 16.0 Å². The smallest absolute Gasteiger partial charge is 0.220 e. The Morgan fingerprint density at radius 1 is 1.45 bits per heavy atom. The number of nitrogens with one attached hydrogen (secondary N) is 1. The highest BCUT2D eigenvalue weighted by atomic mass is 35.5. The van der Waals surface area contributed by atoms with E-state index in [1.807, 2.05) is 14.1 Å². The highest BCUT2D eigenvalue weighted by Gasteiger charge is 2.26. The predicted octanol–water partition coefficient (Wildman–Crippen LogP) is 2.83. The van der Waals surface area contributed by atoms with Gasteiger partial charge in [-0.05, 0) is 55.2 Å². The van der Waals surface area contributed by atoms with Crippen molar-refractivity contribution >= 4 is 42.1 Å². The summed E-state index contributed by atoms with van der Waals surface area (Å²) in [5.74, 6) is 0.503. The van der Waals surface area contributed by atoms with Crippen LogP contribution in [0, 0.1) is 5.92 Å². The lowest BCUT2D eigenvalue weighted by Gasteiger charge is -2.24. The lowest BCUT2D eigenvalue weighted by atomic mass is 10.00. The van der Waals surface area contributed by atoms with Crippen LogP contribution in [0.25, 0.3) is 0 Å². The van der Waals surface area contributed by atoms with E-state index >= 15 is 0 Å². The molecule has 1 aromatic rings. The number of thiophene rings is 1. The Morgan fingerprint density at radius 3 is 2.68 bits per heavy atom. The Hall–Kier alpha value is -0.330. The summed E-state index contributed by atoms with van der Waals surface area (Å²) in [7, 11) is 4.09. The zero-order valence-electron chi connectivity index (χ0n) is 13.2. The first kappa shape index (κ1) is 21.7. The number of nitrogens with two attached hydrogens (primary N) is 1. The van der Waals surface area contributed by atoms with E-state index in [2.05, 4.69) is 27.0 Å². The summed E-state index contributed by atoms with van der Waals surface area (Å²) < 4.78 is 0. The second-order valence-corrected chi connectivity index (χ2v) is 6.68. The molecule has 1 aromatic heterocycles. The summed E-state index contributed by atoms with van der Waals surface area (Å²) in [6.07, 6.45) is 3.89. The number of hydrogen-bond donors (Lipinski definition) is 2. The second kappa shape index (κ2) is 10.4. The molecule has 128 valence electrons. The molecule has 2 rings (SSSR count). The zero-order chi connectivity index (χ0) is 14.5. The van der Waals surface area contributed by atoms with Gasteiger partial charge in [0.05, 0.1) is 6.04 Å². The summed E-state index contributed by atoms with van der Waals surface area (Å²) in [5, 5.41) is 7.29. The average Bonchev–Trinajstić information content (AvgIpc) is 3.02. The van der Waals surface area contributed by atoms with E-state index in [0.29, 0.717) is 18.9 Å². The van der Waals surface area contributed by atoms with E-state index in [4.69, 9.17) is 5.73 Å². The van der Waals surface area contributed by atoms with E-state index in [9.17, 15) is 4.79 Å². The maximum atomic E-state index is 12.1. The molecule has 1 aliphatic carbocycles. The van der Waals surface area contributed by atoms with Crippen LogP contribution in [0.2, 0.25) is 0 Å². The summed E-state index contributed by atoms with van der Waals surface area (Å²) in [6, 6.07) is 2.57.